The summed E-state index contributed by atoms with van der Waals surface area (Å²) in [5.74, 6) is -6.95. The van der Waals surface area contributed by atoms with Crippen LogP contribution in [0.5, 0.6) is 5.75 Å². The maximum atomic E-state index is 14.5. The van der Waals surface area contributed by atoms with Crippen LogP contribution in [0.2, 0.25) is 0 Å². The molecule has 2 aliphatic carbocycles. The number of nitro benzene ring substituents is 2. The molecule has 1 saturated carbocycles. The molecule has 3 aromatic rings. The van der Waals surface area contributed by atoms with Crippen molar-refractivity contribution < 1.29 is 34.1 Å². The lowest BCUT2D eigenvalue weighted by molar-refractivity contribution is -0.392. The molecule has 2 heterocycles. The van der Waals surface area contributed by atoms with E-state index in [1.807, 2.05) is 0 Å². The predicted octanol–water partition coefficient (Wildman–Crippen LogP) is 5.47. The highest BCUT2D eigenvalue weighted by atomic mass is 79.9. The molecule has 4 aliphatic rings. The van der Waals surface area contributed by atoms with Crippen molar-refractivity contribution in [2.75, 3.05) is 28.8 Å². The van der Waals surface area contributed by atoms with E-state index in [-0.39, 0.29) is 30.0 Å². The molecule has 256 valence electrons. The summed E-state index contributed by atoms with van der Waals surface area (Å²) in [5.41, 5.74) is -1.90. The summed E-state index contributed by atoms with van der Waals surface area (Å²) < 4.78 is 0.612. The summed E-state index contributed by atoms with van der Waals surface area (Å²) in [4.78, 5) is 83.0. The Kier molecular flexibility index (Phi) is 7.66. The van der Waals surface area contributed by atoms with E-state index in [4.69, 9.17) is 0 Å². The van der Waals surface area contributed by atoms with Crippen LogP contribution in [0.3, 0.4) is 0 Å². The maximum Gasteiger partial charge on any atom is 0.301 e. The zero-order valence-electron chi connectivity index (χ0n) is 27.0. The van der Waals surface area contributed by atoms with Gasteiger partial charge in [-0.3, -0.25) is 39.4 Å². The number of phenolic OH excluding ortho intramolecular Hbond substituents is 1. The number of aromatic hydroxyl groups is 1. The van der Waals surface area contributed by atoms with Gasteiger partial charge in [-0.15, -0.1) is 0 Å². The molecular weight excluding hydrogens is 714 g/mol. The van der Waals surface area contributed by atoms with Gasteiger partial charge in [-0.1, -0.05) is 45.8 Å². The summed E-state index contributed by atoms with van der Waals surface area (Å²) >= 11 is 3.46. The minimum Gasteiger partial charge on any atom is -0.508 e. The third-order valence-electron chi connectivity index (χ3n) is 10.7. The first-order chi connectivity index (χ1) is 23.7. The van der Waals surface area contributed by atoms with Gasteiger partial charge in [-0.2, -0.15) is 0 Å². The van der Waals surface area contributed by atoms with E-state index in [9.17, 15) is 44.5 Å². The van der Waals surface area contributed by atoms with E-state index in [0.29, 0.717) is 21.3 Å². The van der Waals surface area contributed by atoms with Gasteiger partial charge in [0.15, 0.2) is 5.69 Å². The molecule has 3 aromatic carbocycles. The highest BCUT2D eigenvalue weighted by molar-refractivity contribution is 9.10. The molecule has 7 rings (SSSR count). The van der Waals surface area contributed by atoms with Crippen molar-refractivity contribution in [2.24, 2.45) is 29.1 Å². The summed E-state index contributed by atoms with van der Waals surface area (Å²) in [5, 5.41) is 35.4. The number of rotatable bonds is 6. The standard InChI is InChI=1S/C35H30BrN5O9/c1-35-24(32(44)39(34(35)46)18-7-5-4-6-8-18)16-22-20(29(35)23-13-17(36)9-12-27(23)42)10-11-21-28(22)33(45)38(31(21)43)19-14-25(40(47)48)30(37(2)3)26(15-19)41(49)50/h4-10,12-15,21-22,24,28-29,42H,11,16H2,1-3H3/t21-,22+,24-,28-,29+,35+/m0/s1. The van der Waals surface area contributed by atoms with Crippen LogP contribution in [0.4, 0.5) is 28.4 Å². The Labute approximate surface area is 293 Å². The van der Waals surface area contributed by atoms with Gasteiger partial charge in [0.2, 0.25) is 23.6 Å². The zero-order valence-corrected chi connectivity index (χ0v) is 28.6. The second-order valence-electron chi connectivity index (χ2n) is 13.5. The fourth-order valence-electron chi connectivity index (χ4n) is 8.65. The number of nitro groups is 2. The number of hydrogen-bond donors (Lipinski definition) is 1. The van der Waals surface area contributed by atoms with Gasteiger partial charge in [0.25, 0.3) is 0 Å². The molecule has 0 unspecified atom stereocenters. The van der Waals surface area contributed by atoms with Crippen LogP contribution in [0.25, 0.3) is 0 Å². The number of benzene rings is 3. The first-order valence-corrected chi connectivity index (χ1v) is 16.6. The summed E-state index contributed by atoms with van der Waals surface area (Å²) in [6, 6.07) is 15.3. The summed E-state index contributed by atoms with van der Waals surface area (Å²) in [7, 11) is 2.82. The number of imide groups is 2. The van der Waals surface area contributed by atoms with Crippen molar-refractivity contribution >= 4 is 68.0 Å². The number of anilines is 3. The van der Waals surface area contributed by atoms with Crippen molar-refractivity contribution in [3.63, 3.8) is 0 Å². The number of amides is 4. The molecule has 0 bridgehead atoms. The number of carbonyl (C=O) groups excluding carboxylic acids is 4. The number of phenols is 1. The minimum atomic E-state index is -1.38. The van der Waals surface area contributed by atoms with E-state index in [2.05, 4.69) is 15.9 Å². The van der Waals surface area contributed by atoms with Crippen molar-refractivity contribution in [1.82, 2.24) is 0 Å². The van der Waals surface area contributed by atoms with Gasteiger partial charge >= 0.3 is 11.4 Å². The van der Waals surface area contributed by atoms with E-state index >= 15 is 0 Å². The molecule has 0 spiro atoms. The van der Waals surface area contributed by atoms with Crippen LogP contribution in [0.15, 0.2) is 76.8 Å². The number of para-hydroxylation sites is 1. The topological polar surface area (TPSA) is 185 Å². The van der Waals surface area contributed by atoms with Gasteiger partial charge < -0.3 is 10.0 Å². The summed E-state index contributed by atoms with van der Waals surface area (Å²) in [6.45, 7) is 1.70. The third kappa shape index (κ3) is 4.59. The lowest BCUT2D eigenvalue weighted by Gasteiger charge is -2.49. The van der Waals surface area contributed by atoms with Gasteiger partial charge in [0.05, 0.1) is 44.4 Å². The smallest absolute Gasteiger partial charge is 0.301 e. The number of hydrogen-bond acceptors (Lipinski definition) is 10. The van der Waals surface area contributed by atoms with E-state index in [1.165, 1.54) is 25.1 Å². The van der Waals surface area contributed by atoms with Crippen LogP contribution in [-0.4, -0.2) is 52.7 Å². The van der Waals surface area contributed by atoms with Gasteiger partial charge in [-0.05, 0) is 56.0 Å². The Balaban J connectivity index is 1.37. The normalized spacial score (nSPS) is 27.1. The Bertz CT molecular complexity index is 2050. The van der Waals surface area contributed by atoms with Crippen molar-refractivity contribution in [3.05, 3.63) is 103 Å². The highest BCUT2D eigenvalue weighted by Crippen LogP contribution is 2.64. The molecule has 2 aliphatic heterocycles. The molecule has 6 atom stereocenters. The second kappa shape index (κ2) is 11.6. The van der Waals surface area contributed by atoms with Crippen LogP contribution in [0, 0.1) is 49.3 Å². The first kappa shape index (κ1) is 33.1. The SMILES string of the molecule is CN(C)c1c([N+](=O)[O-])cc(N2C(=O)[C@H]3[C@H](CC=C4[C@H]3C[C@H]3C(=O)N(c5ccccc5)C(=O)[C@@]3(C)[C@H]4c3cc(Br)ccc3O)C2=O)cc1[N+](=O)[O-]. The Morgan fingerprint density at radius 2 is 1.50 bits per heavy atom. The fraction of sp³-hybridized carbons (Fsp3) is 0.314. The lowest BCUT2D eigenvalue weighted by Crippen LogP contribution is -2.48. The van der Waals surface area contributed by atoms with Crippen LogP contribution in [-0.2, 0) is 19.2 Å². The second-order valence-corrected chi connectivity index (χ2v) is 14.4. The lowest BCUT2D eigenvalue weighted by atomic mass is 9.51. The highest BCUT2D eigenvalue weighted by Gasteiger charge is 2.68. The van der Waals surface area contributed by atoms with Crippen molar-refractivity contribution in [1.29, 1.82) is 0 Å². The van der Waals surface area contributed by atoms with Crippen LogP contribution < -0.4 is 14.7 Å². The van der Waals surface area contributed by atoms with Crippen LogP contribution in [0.1, 0.15) is 31.2 Å². The third-order valence-corrected chi connectivity index (χ3v) is 11.2. The number of fused-ring (bicyclic) bond motifs is 4. The first-order valence-electron chi connectivity index (χ1n) is 15.8. The van der Waals surface area contributed by atoms with Crippen LogP contribution >= 0.6 is 15.9 Å². The van der Waals surface area contributed by atoms with Gasteiger partial charge in [0.1, 0.15) is 5.75 Å². The number of halogens is 1. The molecular formula is C35H30BrN5O9. The molecule has 2 saturated heterocycles. The van der Waals surface area contributed by atoms with E-state index < -0.39 is 79.9 Å². The van der Waals surface area contributed by atoms with E-state index in [0.717, 1.165) is 21.9 Å². The summed E-state index contributed by atoms with van der Waals surface area (Å²) in [6.07, 6.45) is 1.90. The molecule has 15 heteroatoms. The largest absolute Gasteiger partial charge is 0.508 e. The number of nitrogens with zero attached hydrogens (tertiary/aromatic N) is 5. The molecule has 0 aromatic heterocycles. The molecule has 50 heavy (non-hydrogen) atoms. The molecule has 1 N–H and O–H groups in total. The van der Waals surface area contributed by atoms with Gasteiger partial charge in [0, 0.05) is 42.2 Å². The van der Waals surface area contributed by atoms with Crippen molar-refractivity contribution in [2.45, 2.75) is 25.7 Å². The monoisotopic (exact) mass is 743 g/mol. The average molecular weight is 745 g/mol. The molecule has 3 fully saturated rings. The quantitative estimate of drug-likeness (QED) is 0.147. The van der Waals surface area contributed by atoms with Gasteiger partial charge in [-0.25, -0.2) is 9.80 Å². The van der Waals surface area contributed by atoms with Crippen molar-refractivity contribution in [3.8, 4) is 5.75 Å². The minimum absolute atomic E-state index is 0.0371. The Morgan fingerprint density at radius 1 is 0.860 bits per heavy atom. The molecule has 4 amide bonds. The zero-order chi connectivity index (χ0) is 36.0. The molecule has 0 radical (unpaired) electrons. The average Bonchev–Trinajstić information content (AvgIpc) is 3.45. The Morgan fingerprint density at radius 3 is 2.10 bits per heavy atom. The maximum absolute atomic E-state index is 14.5. The van der Waals surface area contributed by atoms with E-state index in [1.54, 1.807) is 55.5 Å². The number of carbonyl (C=O) groups is 4. The number of allylic oxidation sites excluding steroid dienone is 2. The molecule has 14 nitrogen and oxygen atoms in total. The predicted molar refractivity (Wildman–Crippen MR) is 183 cm³/mol. The fourth-order valence-corrected chi connectivity index (χ4v) is 9.03. The Hall–Kier alpha value is -5.44.